The SMILES string of the molecule is O=C1OC(c2ccccc2Cl)=NC1=Cc1ccc(OC(=O)c2ccccc2)cc1. The Morgan fingerprint density at radius 1 is 0.931 bits per heavy atom. The molecule has 1 aliphatic heterocycles. The predicted octanol–water partition coefficient (Wildman–Crippen LogP) is 4.90. The van der Waals surface area contributed by atoms with Crippen LogP contribution in [0.3, 0.4) is 0 Å². The predicted molar refractivity (Wildman–Crippen MR) is 110 cm³/mol. The highest BCUT2D eigenvalue weighted by molar-refractivity contribution is 6.34. The van der Waals surface area contributed by atoms with E-state index in [0.29, 0.717) is 27.5 Å². The lowest BCUT2D eigenvalue weighted by Gasteiger charge is -2.04. The van der Waals surface area contributed by atoms with Crippen LogP contribution in [0.15, 0.2) is 89.6 Å². The highest BCUT2D eigenvalue weighted by atomic mass is 35.5. The van der Waals surface area contributed by atoms with Crippen molar-refractivity contribution in [1.82, 2.24) is 0 Å². The first kappa shape index (κ1) is 18.7. The van der Waals surface area contributed by atoms with Crippen LogP contribution in [0.4, 0.5) is 0 Å². The number of nitrogens with zero attached hydrogens (tertiary/aromatic N) is 1. The van der Waals surface area contributed by atoms with Crippen LogP contribution in [0.2, 0.25) is 5.02 Å². The van der Waals surface area contributed by atoms with Crippen LogP contribution in [0.1, 0.15) is 21.5 Å². The maximum atomic E-state index is 12.1. The zero-order valence-electron chi connectivity index (χ0n) is 15.0. The van der Waals surface area contributed by atoms with E-state index in [1.54, 1.807) is 78.9 Å². The number of halogens is 1. The van der Waals surface area contributed by atoms with E-state index in [1.165, 1.54) is 0 Å². The molecule has 0 radical (unpaired) electrons. The average molecular weight is 404 g/mol. The third-order valence-corrected chi connectivity index (χ3v) is 4.46. The number of hydrogen-bond donors (Lipinski definition) is 0. The maximum absolute atomic E-state index is 12.1. The fraction of sp³-hybridized carbons (Fsp3) is 0. The third kappa shape index (κ3) is 4.25. The number of carbonyl (C=O) groups is 2. The van der Waals surface area contributed by atoms with Gasteiger partial charge in [0.2, 0.25) is 5.90 Å². The van der Waals surface area contributed by atoms with E-state index in [2.05, 4.69) is 4.99 Å². The molecule has 1 aliphatic rings. The first-order valence-corrected chi connectivity index (χ1v) is 9.13. The minimum Gasteiger partial charge on any atom is -0.423 e. The second-order valence-electron chi connectivity index (χ2n) is 6.14. The monoisotopic (exact) mass is 403 g/mol. The summed E-state index contributed by atoms with van der Waals surface area (Å²) in [5, 5.41) is 0.449. The zero-order valence-corrected chi connectivity index (χ0v) is 15.8. The van der Waals surface area contributed by atoms with Crippen molar-refractivity contribution in [2.45, 2.75) is 0 Å². The highest BCUT2D eigenvalue weighted by Crippen LogP contribution is 2.24. The molecule has 0 bridgehead atoms. The Morgan fingerprint density at radius 3 is 2.34 bits per heavy atom. The van der Waals surface area contributed by atoms with Crippen LogP contribution in [0.25, 0.3) is 6.08 Å². The van der Waals surface area contributed by atoms with E-state index in [1.807, 2.05) is 6.07 Å². The number of hydrogen-bond acceptors (Lipinski definition) is 5. The minimum absolute atomic E-state index is 0.161. The van der Waals surface area contributed by atoms with Crippen molar-refractivity contribution in [3.63, 3.8) is 0 Å². The van der Waals surface area contributed by atoms with Gasteiger partial charge in [-0.1, -0.05) is 54.1 Å². The molecule has 0 N–H and O–H groups in total. The third-order valence-electron chi connectivity index (χ3n) is 4.13. The standard InChI is InChI=1S/C23H14ClNO4/c24-19-9-5-4-8-18(19)21-25-20(23(27)29-21)14-15-10-12-17(13-11-15)28-22(26)16-6-2-1-3-7-16/h1-14H. The smallest absolute Gasteiger partial charge is 0.363 e. The first-order valence-electron chi connectivity index (χ1n) is 8.75. The topological polar surface area (TPSA) is 65.0 Å². The van der Waals surface area contributed by atoms with Crippen LogP contribution in [-0.4, -0.2) is 17.8 Å². The van der Waals surface area contributed by atoms with Gasteiger partial charge in [-0.2, -0.15) is 0 Å². The van der Waals surface area contributed by atoms with Gasteiger partial charge in [-0.15, -0.1) is 0 Å². The largest absolute Gasteiger partial charge is 0.423 e. The summed E-state index contributed by atoms with van der Waals surface area (Å²) in [5.74, 6) is -0.430. The summed E-state index contributed by atoms with van der Waals surface area (Å²) in [6, 6.07) is 22.5. The number of aliphatic imine (C=N–C) groups is 1. The maximum Gasteiger partial charge on any atom is 0.363 e. The zero-order chi connectivity index (χ0) is 20.2. The van der Waals surface area contributed by atoms with Crippen LogP contribution in [0, 0.1) is 0 Å². The molecule has 0 spiro atoms. The summed E-state index contributed by atoms with van der Waals surface area (Å²) in [7, 11) is 0. The van der Waals surface area contributed by atoms with E-state index in [9.17, 15) is 9.59 Å². The molecular weight excluding hydrogens is 390 g/mol. The average Bonchev–Trinajstić information content (AvgIpc) is 3.10. The number of benzene rings is 3. The molecule has 0 aromatic heterocycles. The van der Waals surface area contributed by atoms with Gasteiger partial charge in [0.1, 0.15) is 5.75 Å². The molecule has 3 aromatic rings. The number of carbonyl (C=O) groups excluding carboxylic acids is 2. The Bertz CT molecular complexity index is 1140. The Balaban J connectivity index is 1.51. The molecule has 0 saturated heterocycles. The molecule has 0 fully saturated rings. The lowest BCUT2D eigenvalue weighted by atomic mass is 10.2. The molecule has 0 unspecified atom stereocenters. The summed E-state index contributed by atoms with van der Waals surface area (Å²) < 4.78 is 10.6. The Kier molecular flexibility index (Phi) is 5.22. The minimum atomic E-state index is -0.556. The number of esters is 2. The summed E-state index contributed by atoms with van der Waals surface area (Å²) in [5.41, 5.74) is 1.89. The van der Waals surface area contributed by atoms with Crippen LogP contribution < -0.4 is 4.74 Å². The number of cyclic esters (lactones) is 1. The van der Waals surface area contributed by atoms with Gasteiger partial charge < -0.3 is 9.47 Å². The molecule has 0 atom stereocenters. The van der Waals surface area contributed by atoms with Gasteiger partial charge in [0, 0.05) is 0 Å². The van der Waals surface area contributed by atoms with Crippen LogP contribution in [0.5, 0.6) is 5.75 Å². The van der Waals surface area contributed by atoms with E-state index in [0.717, 1.165) is 0 Å². The van der Waals surface area contributed by atoms with Gasteiger partial charge in [0.15, 0.2) is 5.70 Å². The van der Waals surface area contributed by atoms with E-state index in [4.69, 9.17) is 21.1 Å². The van der Waals surface area contributed by atoms with Gasteiger partial charge in [-0.25, -0.2) is 14.6 Å². The Hall–Kier alpha value is -3.70. The van der Waals surface area contributed by atoms with Crippen molar-refractivity contribution in [2.75, 3.05) is 0 Å². The molecule has 0 amide bonds. The fourth-order valence-corrected chi connectivity index (χ4v) is 2.91. The molecule has 5 nitrogen and oxygen atoms in total. The second kappa shape index (κ2) is 8.12. The van der Waals surface area contributed by atoms with Crippen molar-refractivity contribution in [2.24, 2.45) is 4.99 Å². The van der Waals surface area contributed by atoms with Crippen molar-refractivity contribution in [1.29, 1.82) is 0 Å². The summed E-state index contributed by atoms with van der Waals surface area (Å²) in [6.45, 7) is 0. The molecular formula is C23H14ClNO4. The first-order chi connectivity index (χ1) is 14.1. The van der Waals surface area contributed by atoms with Crippen LogP contribution >= 0.6 is 11.6 Å². The van der Waals surface area contributed by atoms with Crippen LogP contribution in [-0.2, 0) is 9.53 Å². The molecule has 1 heterocycles. The molecule has 4 rings (SSSR count). The molecule has 0 aliphatic carbocycles. The van der Waals surface area contributed by atoms with E-state index < -0.39 is 11.9 Å². The normalized spacial score (nSPS) is 14.4. The number of ether oxygens (including phenoxy) is 2. The quantitative estimate of drug-likeness (QED) is 0.353. The summed E-state index contributed by atoms with van der Waals surface area (Å²) >= 11 is 6.13. The van der Waals surface area contributed by atoms with Gasteiger partial charge >= 0.3 is 11.9 Å². The van der Waals surface area contributed by atoms with Crippen molar-refractivity contribution in [3.05, 3.63) is 106 Å². The van der Waals surface area contributed by atoms with Gasteiger partial charge in [0.05, 0.1) is 16.1 Å². The van der Waals surface area contributed by atoms with Gasteiger partial charge in [-0.3, -0.25) is 0 Å². The lowest BCUT2D eigenvalue weighted by molar-refractivity contribution is -0.129. The van der Waals surface area contributed by atoms with Crippen molar-refractivity contribution >= 4 is 35.5 Å². The van der Waals surface area contributed by atoms with Gasteiger partial charge in [0.25, 0.3) is 0 Å². The van der Waals surface area contributed by atoms with Crippen molar-refractivity contribution < 1.29 is 19.1 Å². The van der Waals surface area contributed by atoms with E-state index >= 15 is 0 Å². The molecule has 29 heavy (non-hydrogen) atoms. The number of rotatable bonds is 4. The van der Waals surface area contributed by atoms with E-state index in [-0.39, 0.29) is 11.6 Å². The highest BCUT2D eigenvalue weighted by Gasteiger charge is 2.25. The Labute approximate surface area is 171 Å². The summed E-state index contributed by atoms with van der Waals surface area (Å²) in [4.78, 5) is 28.5. The Morgan fingerprint density at radius 2 is 1.62 bits per heavy atom. The van der Waals surface area contributed by atoms with Crippen molar-refractivity contribution in [3.8, 4) is 5.75 Å². The molecule has 142 valence electrons. The summed E-state index contributed by atoms with van der Waals surface area (Å²) in [6.07, 6.45) is 1.59. The molecule has 3 aromatic carbocycles. The second-order valence-corrected chi connectivity index (χ2v) is 6.55. The molecule has 6 heteroatoms. The lowest BCUT2D eigenvalue weighted by Crippen LogP contribution is -2.07. The molecule has 0 saturated carbocycles. The fourth-order valence-electron chi connectivity index (χ4n) is 2.69. The van der Waals surface area contributed by atoms with Gasteiger partial charge in [-0.05, 0) is 48.0 Å².